The largest absolute Gasteiger partial charge is 0.327 e. The molecule has 29 heavy (non-hydrogen) atoms. The molecule has 150 valence electrons. The van der Waals surface area contributed by atoms with Crippen molar-refractivity contribution in [2.75, 3.05) is 18.4 Å². The molecule has 2 unspecified atom stereocenters. The Bertz CT molecular complexity index is 946. The number of hydrogen-bond acceptors (Lipinski definition) is 5. The van der Waals surface area contributed by atoms with Crippen molar-refractivity contribution in [3.05, 3.63) is 62.6 Å². The number of halogens is 1. The van der Waals surface area contributed by atoms with E-state index >= 15 is 0 Å². The van der Waals surface area contributed by atoms with E-state index in [0.717, 1.165) is 9.35 Å². The summed E-state index contributed by atoms with van der Waals surface area (Å²) in [7, 11) is 0. The van der Waals surface area contributed by atoms with Gasteiger partial charge < -0.3 is 10.2 Å². The number of nitrogens with one attached hydrogen (secondary N) is 1. The Kier molecular flexibility index (Phi) is 6.07. The normalized spacial score (nSPS) is 20.9. The summed E-state index contributed by atoms with van der Waals surface area (Å²) >= 11 is 6.36. The lowest BCUT2D eigenvalue weighted by molar-refractivity contribution is -0.132. The predicted octanol–water partition coefficient (Wildman–Crippen LogP) is 3.95. The van der Waals surface area contributed by atoms with Crippen molar-refractivity contribution in [1.29, 1.82) is 0 Å². The third-order valence-electron chi connectivity index (χ3n) is 4.76. The molecule has 2 atom stereocenters. The number of fused-ring (bicyclic) bond motifs is 1. The number of benzene rings is 1. The number of carbonyl (C=O) groups excluding carboxylic acids is 3. The summed E-state index contributed by atoms with van der Waals surface area (Å²) in [6.07, 6.45) is 2.44. The van der Waals surface area contributed by atoms with E-state index in [-0.39, 0.29) is 18.4 Å². The molecule has 1 aromatic carbocycles. The fourth-order valence-corrected chi connectivity index (χ4v) is 5.36. The van der Waals surface area contributed by atoms with Gasteiger partial charge in [0.15, 0.2) is 0 Å². The maximum absolute atomic E-state index is 13.1. The summed E-state index contributed by atoms with van der Waals surface area (Å²) in [5, 5.41) is 6.23. The molecule has 1 fully saturated rings. The van der Waals surface area contributed by atoms with Crippen LogP contribution in [0, 0.1) is 0 Å². The number of amides is 4. The van der Waals surface area contributed by atoms with Crippen LogP contribution in [0.25, 0.3) is 0 Å². The first-order chi connectivity index (χ1) is 14.0. The van der Waals surface area contributed by atoms with E-state index < -0.39 is 17.3 Å². The monoisotopic (exact) mass is 491 g/mol. The first kappa shape index (κ1) is 20.2. The fraction of sp³-hybridized carbons (Fsp3) is 0.250. The third-order valence-corrected chi connectivity index (χ3v) is 7.31. The van der Waals surface area contributed by atoms with Crippen molar-refractivity contribution in [2.24, 2.45) is 0 Å². The van der Waals surface area contributed by atoms with Gasteiger partial charge in [-0.1, -0.05) is 28.1 Å². The topological polar surface area (TPSA) is 69.7 Å². The molecule has 4 amide bonds. The molecular weight excluding hydrogens is 474 g/mol. The Labute approximate surface area is 185 Å². The molecule has 1 aromatic heterocycles. The third kappa shape index (κ3) is 4.41. The molecule has 9 heteroatoms. The zero-order valence-corrected chi connectivity index (χ0v) is 18.5. The molecule has 2 aromatic rings. The Morgan fingerprint density at radius 2 is 1.97 bits per heavy atom. The van der Waals surface area contributed by atoms with E-state index in [1.54, 1.807) is 23.5 Å². The summed E-state index contributed by atoms with van der Waals surface area (Å²) in [5.41, 5.74) is 0.654. The van der Waals surface area contributed by atoms with E-state index in [1.807, 2.05) is 41.1 Å². The highest BCUT2D eigenvalue weighted by Crippen LogP contribution is 2.34. The van der Waals surface area contributed by atoms with Gasteiger partial charge in [0.05, 0.1) is 6.04 Å². The molecule has 0 saturated carbocycles. The molecule has 1 N–H and O–H groups in total. The number of nitrogens with zero attached hydrogens (tertiary/aromatic N) is 2. The second-order valence-corrected chi connectivity index (χ2v) is 9.66. The van der Waals surface area contributed by atoms with Crippen molar-refractivity contribution >= 4 is 62.6 Å². The number of imide groups is 1. The number of hydrogen-bond donors (Lipinski definition) is 1. The molecule has 0 bridgehead atoms. The molecule has 6 nitrogen and oxygen atoms in total. The quantitative estimate of drug-likeness (QED) is 0.663. The van der Waals surface area contributed by atoms with Gasteiger partial charge in [-0.2, -0.15) is 0 Å². The van der Waals surface area contributed by atoms with E-state index in [0.29, 0.717) is 18.7 Å². The Balaban J connectivity index is 1.47. The number of rotatable bonds is 6. The molecule has 1 saturated heterocycles. The van der Waals surface area contributed by atoms with Gasteiger partial charge in [0.1, 0.15) is 11.8 Å². The minimum atomic E-state index is -0.411. The maximum Gasteiger partial charge on any atom is 0.327 e. The van der Waals surface area contributed by atoms with Crippen LogP contribution in [0.2, 0.25) is 0 Å². The highest BCUT2D eigenvalue weighted by molar-refractivity contribution is 9.10. The van der Waals surface area contributed by atoms with Gasteiger partial charge in [-0.3, -0.25) is 14.5 Å². The first-order valence-electron chi connectivity index (χ1n) is 9.05. The summed E-state index contributed by atoms with van der Waals surface area (Å²) in [4.78, 5) is 42.4. The minimum absolute atomic E-state index is 0.107. The van der Waals surface area contributed by atoms with Crippen LogP contribution in [0.3, 0.4) is 0 Å². The zero-order valence-electron chi connectivity index (χ0n) is 15.3. The molecule has 2 aliphatic rings. The van der Waals surface area contributed by atoms with Gasteiger partial charge in [0.2, 0.25) is 11.8 Å². The van der Waals surface area contributed by atoms with Crippen molar-refractivity contribution in [3.8, 4) is 0 Å². The summed E-state index contributed by atoms with van der Waals surface area (Å²) < 4.78 is 0.914. The SMILES string of the molecule is O=C(CN1C(=O)N(CCc2cccs2)C(=O)C2SC=CC21)Nc1ccc(Br)cc1. The average Bonchev–Trinajstić information content (AvgIpc) is 3.39. The highest BCUT2D eigenvalue weighted by atomic mass is 79.9. The van der Waals surface area contributed by atoms with Crippen LogP contribution in [0.15, 0.2) is 57.7 Å². The van der Waals surface area contributed by atoms with Crippen molar-refractivity contribution in [2.45, 2.75) is 17.7 Å². The molecule has 0 aliphatic carbocycles. The van der Waals surface area contributed by atoms with Gasteiger partial charge in [0.25, 0.3) is 0 Å². The highest BCUT2D eigenvalue weighted by Gasteiger charge is 2.47. The van der Waals surface area contributed by atoms with Gasteiger partial charge >= 0.3 is 6.03 Å². The molecule has 4 rings (SSSR count). The second kappa shape index (κ2) is 8.73. The van der Waals surface area contributed by atoms with Crippen LogP contribution in [0.1, 0.15) is 4.88 Å². The average molecular weight is 492 g/mol. The Morgan fingerprint density at radius 1 is 1.17 bits per heavy atom. The smallest absolute Gasteiger partial charge is 0.325 e. The Hall–Kier alpha value is -2.10. The van der Waals surface area contributed by atoms with E-state index in [9.17, 15) is 14.4 Å². The number of anilines is 1. The number of carbonyl (C=O) groups is 3. The number of thiophene rings is 1. The van der Waals surface area contributed by atoms with Gasteiger partial charge in [-0.25, -0.2) is 4.79 Å². The van der Waals surface area contributed by atoms with Crippen LogP contribution in [0.5, 0.6) is 0 Å². The minimum Gasteiger partial charge on any atom is -0.325 e. The second-order valence-electron chi connectivity index (χ2n) is 6.66. The van der Waals surface area contributed by atoms with Crippen LogP contribution < -0.4 is 5.32 Å². The number of thioether (sulfide) groups is 1. The van der Waals surface area contributed by atoms with Gasteiger partial charge in [0, 0.05) is 21.6 Å². The van der Waals surface area contributed by atoms with E-state index in [4.69, 9.17) is 0 Å². The van der Waals surface area contributed by atoms with Crippen molar-refractivity contribution < 1.29 is 14.4 Å². The number of urea groups is 1. The summed E-state index contributed by atoms with van der Waals surface area (Å²) in [6.45, 7) is 0.205. The van der Waals surface area contributed by atoms with Gasteiger partial charge in [-0.15, -0.1) is 23.1 Å². The lowest BCUT2D eigenvalue weighted by Crippen LogP contribution is -2.63. The lowest BCUT2D eigenvalue weighted by atomic mass is 10.1. The fourth-order valence-electron chi connectivity index (χ4n) is 3.34. The van der Waals surface area contributed by atoms with Gasteiger partial charge in [-0.05, 0) is 47.5 Å². The molecule has 3 heterocycles. The van der Waals surface area contributed by atoms with Crippen LogP contribution in [0.4, 0.5) is 10.5 Å². The maximum atomic E-state index is 13.1. The zero-order chi connectivity index (χ0) is 20.4. The molecular formula is C20H18BrN3O3S2. The summed E-state index contributed by atoms with van der Waals surface area (Å²) in [6, 6.07) is 10.4. The first-order valence-corrected chi connectivity index (χ1v) is 11.7. The van der Waals surface area contributed by atoms with Crippen LogP contribution in [-0.2, 0) is 16.0 Å². The standard InChI is InChI=1S/C20H18BrN3O3S2/c21-13-3-5-14(6-4-13)22-17(25)12-24-16-8-11-29-18(16)19(26)23(20(24)27)9-7-15-2-1-10-28-15/h1-6,8,10-11,16,18H,7,9,12H2,(H,22,25). The van der Waals surface area contributed by atoms with E-state index in [2.05, 4.69) is 21.2 Å². The van der Waals surface area contributed by atoms with Crippen LogP contribution in [-0.4, -0.2) is 52.0 Å². The molecule has 2 aliphatic heterocycles. The van der Waals surface area contributed by atoms with Crippen LogP contribution >= 0.6 is 39.0 Å². The molecule has 0 spiro atoms. The van der Waals surface area contributed by atoms with E-state index in [1.165, 1.54) is 21.6 Å². The predicted molar refractivity (Wildman–Crippen MR) is 119 cm³/mol. The van der Waals surface area contributed by atoms with Crippen molar-refractivity contribution in [1.82, 2.24) is 9.80 Å². The molecule has 0 radical (unpaired) electrons. The summed E-state index contributed by atoms with van der Waals surface area (Å²) in [5.74, 6) is -0.478. The van der Waals surface area contributed by atoms with Crippen molar-refractivity contribution in [3.63, 3.8) is 0 Å². The Morgan fingerprint density at radius 3 is 2.69 bits per heavy atom. The lowest BCUT2D eigenvalue weighted by Gasteiger charge is -2.40.